The second-order valence-electron chi connectivity index (χ2n) is 6.76. The molecule has 3 aromatic rings. The summed E-state index contributed by atoms with van der Waals surface area (Å²) < 4.78 is 7.29. The number of nitrogens with one attached hydrogen (secondary N) is 1. The minimum atomic E-state index is -0.178. The Balaban J connectivity index is 1.74. The van der Waals surface area contributed by atoms with Crippen molar-refractivity contribution in [3.63, 3.8) is 0 Å². The first-order chi connectivity index (χ1) is 12.9. The van der Waals surface area contributed by atoms with Crippen molar-refractivity contribution in [3.8, 4) is 5.75 Å². The summed E-state index contributed by atoms with van der Waals surface area (Å²) in [5.74, 6) is 0.427. The number of amides is 1. The fraction of sp³-hybridized carbons (Fsp3) is 0.273. The van der Waals surface area contributed by atoms with Crippen molar-refractivity contribution in [2.24, 2.45) is 7.05 Å². The SMILES string of the molecule is COc1c(C)cccc1C(=O)Nc1ccc(Cc2c(C)nn(C)c2C)cc1. The van der Waals surface area contributed by atoms with Crippen LogP contribution in [0.5, 0.6) is 5.75 Å². The molecule has 2 aromatic carbocycles. The normalized spacial score (nSPS) is 10.7. The summed E-state index contributed by atoms with van der Waals surface area (Å²) in [5, 5.41) is 7.41. The Morgan fingerprint density at radius 3 is 2.41 bits per heavy atom. The molecule has 0 spiro atoms. The third-order valence-electron chi connectivity index (χ3n) is 4.91. The summed E-state index contributed by atoms with van der Waals surface area (Å²) in [6.07, 6.45) is 0.825. The smallest absolute Gasteiger partial charge is 0.259 e. The Morgan fingerprint density at radius 2 is 1.81 bits per heavy atom. The van der Waals surface area contributed by atoms with Crippen molar-refractivity contribution in [3.05, 3.63) is 76.1 Å². The first kappa shape index (κ1) is 18.7. The summed E-state index contributed by atoms with van der Waals surface area (Å²) in [6, 6.07) is 13.5. The fourth-order valence-corrected chi connectivity index (χ4v) is 3.28. The average molecular weight is 363 g/mol. The van der Waals surface area contributed by atoms with Gasteiger partial charge in [0.05, 0.1) is 18.4 Å². The van der Waals surface area contributed by atoms with Gasteiger partial charge in [-0.25, -0.2) is 0 Å². The van der Waals surface area contributed by atoms with Gasteiger partial charge >= 0.3 is 0 Å². The average Bonchev–Trinajstić information content (AvgIpc) is 2.89. The lowest BCUT2D eigenvalue weighted by molar-refractivity contribution is 0.102. The number of aromatic nitrogens is 2. The predicted molar refractivity (Wildman–Crippen MR) is 108 cm³/mol. The maximum absolute atomic E-state index is 12.6. The molecule has 1 aromatic heterocycles. The number of hydrogen-bond donors (Lipinski definition) is 1. The highest BCUT2D eigenvalue weighted by molar-refractivity contribution is 6.06. The molecule has 0 unspecified atom stereocenters. The molecule has 1 amide bonds. The molecule has 3 rings (SSSR count). The zero-order valence-electron chi connectivity index (χ0n) is 16.5. The van der Waals surface area contributed by atoms with Crippen molar-refractivity contribution in [1.29, 1.82) is 0 Å². The summed E-state index contributed by atoms with van der Waals surface area (Å²) in [5.41, 5.74) is 6.88. The number of hydrogen-bond acceptors (Lipinski definition) is 3. The molecule has 140 valence electrons. The van der Waals surface area contributed by atoms with Gasteiger partial charge in [-0.3, -0.25) is 9.48 Å². The van der Waals surface area contributed by atoms with Crippen LogP contribution in [0.4, 0.5) is 5.69 Å². The zero-order chi connectivity index (χ0) is 19.6. The molecular formula is C22H25N3O2. The fourth-order valence-electron chi connectivity index (χ4n) is 3.28. The van der Waals surface area contributed by atoms with Crippen LogP contribution in [0.1, 0.15) is 38.4 Å². The van der Waals surface area contributed by atoms with Crippen LogP contribution >= 0.6 is 0 Å². The maximum atomic E-state index is 12.6. The van der Waals surface area contributed by atoms with E-state index in [-0.39, 0.29) is 5.91 Å². The van der Waals surface area contributed by atoms with Crippen LogP contribution in [-0.2, 0) is 13.5 Å². The Kier molecular flexibility index (Phi) is 5.31. The van der Waals surface area contributed by atoms with E-state index >= 15 is 0 Å². The molecule has 0 radical (unpaired) electrons. The van der Waals surface area contributed by atoms with E-state index in [1.807, 2.05) is 62.0 Å². The molecule has 5 nitrogen and oxygen atoms in total. The van der Waals surface area contributed by atoms with E-state index in [1.54, 1.807) is 13.2 Å². The van der Waals surface area contributed by atoms with Gasteiger partial charge in [0.15, 0.2) is 0 Å². The van der Waals surface area contributed by atoms with Gasteiger partial charge in [0, 0.05) is 30.4 Å². The molecule has 0 bridgehead atoms. The standard InChI is InChI=1S/C22H25N3O2/c1-14-7-6-8-19(21(14)27-5)22(26)23-18-11-9-17(10-12-18)13-20-15(2)24-25(4)16(20)3/h6-12H,13H2,1-5H3,(H,23,26). The molecule has 1 heterocycles. The third-order valence-corrected chi connectivity index (χ3v) is 4.91. The summed E-state index contributed by atoms with van der Waals surface area (Å²) in [4.78, 5) is 12.6. The van der Waals surface area contributed by atoms with Gasteiger partial charge in [-0.15, -0.1) is 0 Å². The summed E-state index contributed by atoms with van der Waals surface area (Å²) in [7, 11) is 3.54. The Labute approximate surface area is 160 Å². The van der Waals surface area contributed by atoms with Crippen LogP contribution in [0.3, 0.4) is 0 Å². The molecular weight excluding hydrogens is 338 g/mol. The molecule has 0 saturated carbocycles. The lowest BCUT2D eigenvalue weighted by Gasteiger charge is -2.12. The van der Waals surface area contributed by atoms with Crippen LogP contribution in [0, 0.1) is 20.8 Å². The van der Waals surface area contributed by atoms with Crippen molar-refractivity contribution in [1.82, 2.24) is 9.78 Å². The van der Waals surface area contributed by atoms with Gasteiger partial charge < -0.3 is 10.1 Å². The molecule has 1 N–H and O–H groups in total. The predicted octanol–water partition coefficient (Wildman–Crippen LogP) is 4.20. The van der Waals surface area contributed by atoms with Gasteiger partial charge in [0.1, 0.15) is 5.75 Å². The highest BCUT2D eigenvalue weighted by Crippen LogP contribution is 2.24. The monoisotopic (exact) mass is 363 g/mol. The molecule has 0 aliphatic carbocycles. The highest BCUT2D eigenvalue weighted by atomic mass is 16.5. The Morgan fingerprint density at radius 1 is 1.11 bits per heavy atom. The second kappa shape index (κ2) is 7.66. The molecule has 0 saturated heterocycles. The van der Waals surface area contributed by atoms with Gasteiger partial charge in [-0.2, -0.15) is 5.10 Å². The molecule has 5 heteroatoms. The van der Waals surface area contributed by atoms with E-state index in [0.29, 0.717) is 11.3 Å². The Hall–Kier alpha value is -3.08. The number of aryl methyl sites for hydroxylation is 3. The van der Waals surface area contributed by atoms with Gasteiger partial charge in [0.25, 0.3) is 5.91 Å². The minimum Gasteiger partial charge on any atom is -0.496 e. The topological polar surface area (TPSA) is 56.1 Å². The first-order valence-electron chi connectivity index (χ1n) is 8.93. The van der Waals surface area contributed by atoms with E-state index in [2.05, 4.69) is 17.3 Å². The molecule has 0 aliphatic heterocycles. The van der Waals surface area contributed by atoms with Crippen molar-refractivity contribution in [2.75, 3.05) is 12.4 Å². The van der Waals surface area contributed by atoms with Crippen molar-refractivity contribution in [2.45, 2.75) is 27.2 Å². The van der Waals surface area contributed by atoms with Gasteiger partial charge in [-0.1, -0.05) is 24.3 Å². The number of carbonyl (C=O) groups is 1. The van der Waals surface area contributed by atoms with E-state index < -0.39 is 0 Å². The summed E-state index contributed by atoms with van der Waals surface area (Å²) >= 11 is 0. The largest absolute Gasteiger partial charge is 0.496 e. The van der Waals surface area contributed by atoms with Crippen molar-refractivity contribution < 1.29 is 9.53 Å². The molecule has 27 heavy (non-hydrogen) atoms. The Bertz CT molecular complexity index is 972. The van der Waals surface area contributed by atoms with Crippen LogP contribution in [-0.4, -0.2) is 22.8 Å². The number of para-hydroxylation sites is 1. The number of benzene rings is 2. The molecule has 0 fully saturated rings. The van der Waals surface area contributed by atoms with E-state index in [0.717, 1.165) is 23.4 Å². The lowest BCUT2D eigenvalue weighted by atomic mass is 10.0. The molecule has 0 atom stereocenters. The number of ether oxygens (including phenoxy) is 1. The van der Waals surface area contributed by atoms with Crippen LogP contribution in [0.25, 0.3) is 0 Å². The lowest BCUT2D eigenvalue weighted by Crippen LogP contribution is -2.13. The second-order valence-corrected chi connectivity index (χ2v) is 6.76. The van der Waals surface area contributed by atoms with E-state index in [9.17, 15) is 4.79 Å². The van der Waals surface area contributed by atoms with Crippen LogP contribution in [0.15, 0.2) is 42.5 Å². The number of rotatable bonds is 5. The first-order valence-corrected chi connectivity index (χ1v) is 8.93. The van der Waals surface area contributed by atoms with Crippen molar-refractivity contribution >= 4 is 11.6 Å². The number of carbonyl (C=O) groups excluding carboxylic acids is 1. The highest BCUT2D eigenvalue weighted by Gasteiger charge is 2.14. The van der Waals surface area contributed by atoms with E-state index in [1.165, 1.54) is 16.8 Å². The van der Waals surface area contributed by atoms with Crippen LogP contribution in [0.2, 0.25) is 0 Å². The quantitative estimate of drug-likeness (QED) is 0.739. The number of anilines is 1. The number of nitrogens with zero attached hydrogens (tertiary/aromatic N) is 2. The number of methoxy groups -OCH3 is 1. The zero-order valence-corrected chi connectivity index (χ0v) is 16.5. The minimum absolute atomic E-state index is 0.178. The van der Waals surface area contributed by atoms with Crippen LogP contribution < -0.4 is 10.1 Å². The maximum Gasteiger partial charge on any atom is 0.259 e. The van der Waals surface area contributed by atoms with Gasteiger partial charge in [0.2, 0.25) is 0 Å². The summed E-state index contributed by atoms with van der Waals surface area (Å²) in [6.45, 7) is 6.04. The van der Waals surface area contributed by atoms with E-state index in [4.69, 9.17) is 4.74 Å². The third kappa shape index (κ3) is 3.87. The molecule has 0 aliphatic rings. The van der Waals surface area contributed by atoms with Gasteiger partial charge in [-0.05, 0) is 50.1 Å².